The quantitative estimate of drug-likeness (QED) is 0.843. The van der Waals surface area contributed by atoms with E-state index in [1.54, 1.807) is 0 Å². The Bertz CT molecular complexity index is 304. The van der Waals surface area contributed by atoms with Crippen LogP contribution in [-0.4, -0.2) is 17.8 Å². The third kappa shape index (κ3) is 3.54. The van der Waals surface area contributed by atoms with E-state index in [9.17, 15) is 0 Å². The second-order valence-corrected chi connectivity index (χ2v) is 6.02. The molecule has 1 aromatic rings. The molecule has 0 saturated heterocycles. The van der Waals surface area contributed by atoms with Crippen molar-refractivity contribution in [1.29, 1.82) is 0 Å². The van der Waals surface area contributed by atoms with Gasteiger partial charge < -0.3 is 10.4 Å². The summed E-state index contributed by atoms with van der Waals surface area (Å²) in [5.41, 5.74) is 0. The molecule has 2 rings (SSSR count). The molecule has 1 fully saturated rings. The van der Waals surface area contributed by atoms with Crippen molar-refractivity contribution >= 4 is 11.3 Å². The molecule has 0 aromatic carbocycles. The highest BCUT2D eigenvalue weighted by Gasteiger charge is 2.22. The van der Waals surface area contributed by atoms with Crippen LogP contribution in [0.4, 0.5) is 0 Å². The topological polar surface area (TPSA) is 32.3 Å². The molecule has 1 aliphatic carbocycles. The molecule has 0 radical (unpaired) electrons. The van der Waals surface area contributed by atoms with Crippen LogP contribution in [0.2, 0.25) is 0 Å². The van der Waals surface area contributed by atoms with Crippen LogP contribution in [0.5, 0.6) is 0 Å². The van der Waals surface area contributed by atoms with Gasteiger partial charge in [-0.15, -0.1) is 11.3 Å². The Morgan fingerprint density at radius 3 is 2.71 bits per heavy atom. The van der Waals surface area contributed by atoms with Crippen molar-refractivity contribution in [2.45, 2.75) is 51.1 Å². The zero-order valence-corrected chi connectivity index (χ0v) is 11.4. The van der Waals surface area contributed by atoms with Crippen LogP contribution in [0, 0.1) is 5.92 Å². The average molecular weight is 253 g/mol. The van der Waals surface area contributed by atoms with Crippen LogP contribution >= 0.6 is 11.3 Å². The average Bonchev–Trinajstić information content (AvgIpc) is 2.90. The summed E-state index contributed by atoms with van der Waals surface area (Å²) in [5, 5.41) is 15.1. The van der Waals surface area contributed by atoms with E-state index in [0.717, 1.165) is 6.42 Å². The summed E-state index contributed by atoms with van der Waals surface area (Å²) in [6, 6.07) is 5.52. The molecule has 1 saturated carbocycles. The van der Waals surface area contributed by atoms with E-state index in [1.165, 1.54) is 30.6 Å². The Hall–Kier alpha value is -0.380. The van der Waals surface area contributed by atoms with Crippen LogP contribution in [0.3, 0.4) is 0 Å². The monoisotopic (exact) mass is 253 g/mol. The molecule has 1 aromatic heterocycles. The Morgan fingerprint density at radius 1 is 1.41 bits per heavy atom. The molecular weight excluding hydrogens is 230 g/mol. The maximum Gasteiger partial charge on any atom is 0.0459 e. The highest BCUT2D eigenvalue weighted by molar-refractivity contribution is 7.10. The lowest BCUT2D eigenvalue weighted by Crippen LogP contribution is -2.36. The zero-order valence-electron chi connectivity index (χ0n) is 10.6. The van der Waals surface area contributed by atoms with Crippen molar-refractivity contribution in [2.24, 2.45) is 5.92 Å². The van der Waals surface area contributed by atoms with Gasteiger partial charge in [0.25, 0.3) is 0 Å². The van der Waals surface area contributed by atoms with E-state index in [0.29, 0.717) is 24.6 Å². The van der Waals surface area contributed by atoms with Gasteiger partial charge in [-0.05, 0) is 49.5 Å². The molecule has 0 spiro atoms. The van der Waals surface area contributed by atoms with Crippen LogP contribution in [0.1, 0.15) is 49.9 Å². The van der Waals surface area contributed by atoms with Crippen molar-refractivity contribution in [1.82, 2.24) is 5.32 Å². The van der Waals surface area contributed by atoms with Gasteiger partial charge in [-0.25, -0.2) is 0 Å². The van der Waals surface area contributed by atoms with Crippen molar-refractivity contribution in [3.8, 4) is 0 Å². The molecule has 0 amide bonds. The van der Waals surface area contributed by atoms with Gasteiger partial charge in [0.15, 0.2) is 0 Å². The maximum atomic E-state index is 9.14. The van der Waals surface area contributed by atoms with Crippen molar-refractivity contribution in [3.05, 3.63) is 22.4 Å². The third-order valence-electron chi connectivity index (χ3n) is 3.84. The van der Waals surface area contributed by atoms with Crippen LogP contribution in [-0.2, 0) is 0 Å². The molecule has 3 heteroatoms. The van der Waals surface area contributed by atoms with E-state index in [-0.39, 0.29) is 0 Å². The molecular formula is C14H23NOS. The summed E-state index contributed by atoms with van der Waals surface area (Å²) in [4.78, 5) is 1.46. The van der Waals surface area contributed by atoms with E-state index in [1.807, 2.05) is 11.3 Å². The van der Waals surface area contributed by atoms with Crippen LogP contribution in [0.25, 0.3) is 0 Å². The molecule has 1 unspecified atom stereocenters. The molecule has 0 aliphatic heterocycles. The van der Waals surface area contributed by atoms with Crippen molar-refractivity contribution < 1.29 is 5.11 Å². The fraction of sp³-hybridized carbons (Fsp3) is 0.714. The maximum absolute atomic E-state index is 9.14. The minimum absolute atomic E-state index is 0.370. The van der Waals surface area contributed by atoms with Gasteiger partial charge in [-0.3, -0.25) is 0 Å². The van der Waals surface area contributed by atoms with E-state index < -0.39 is 0 Å². The lowest BCUT2D eigenvalue weighted by Gasteiger charge is -2.31. The number of thiophene rings is 1. The van der Waals surface area contributed by atoms with E-state index in [4.69, 9.17) is 5.11 Å². The first kappa shape index (κ1) is 13.1. The first-order valence-corrected chi connectivity index (χ1v) is 7.61. The number of nitrogens with one attached hydrogen (secondary N) is 1. The molecule has 1 atom stereocenters. The summed E-state index contributed by atoms with van der Waals surface area (Å²) >= 11 is 1.85. The standard InChI is InChI=1S/C14H23NOS/c1-2-13(14-4-3-9-17-14)15-12-7-5-11(10-16)6-8-12/h3-4,9,11-13,15-16H,2,5-8,10H2,1H3. The third-order valence-corrected chi connectivity index (χ3v) is 4.82. The van der Waals surface area contributed by atoms with Gasteiger partial charge in [0, 0.05) is 23.6 Å². The first-order chi connectivity index (χ1) is 8.33. The van der Waals surface area contributed by atoms with Gasteiger partial charge >= 0.3 is 0 Å². The molecule has 1 aliphatic rings. The molecule has 17 heavy (non-hydrogen) atoms. The second kappa shape index (κ2) is 6.53. The fourth-order valence-corrected chi connectivity index (χ4v) is 3.56. The van der Waals surface area contributed by atoms with E-state index >= 15 is 0 Å². The summed E-state index contributed by atoms with van der Waals surface area (Å²) in [6.07, 6.45) is 5.94. The van der Waals surface area contributed by atoms with Crippen LogP contribution < -0.4 is 5.32 Å². The smallest absolute Gasteiger partial charge is 0.0459 e. The molecule has 0 bridgehead atoms. The molecule has 2 N–H and O–H groups in total. The predicted molar refractivity (Wildman–Crippen MR) is 73.3 cm³/mol. The summed E-state index contributed by atoms with van der Waals surface area (Å²) in [7, 11) is 0. The number of rotatable bonds is 5. The fourth-order valence-electron chi connectivity index (χ4n) is 2.69. The molecule has 96 valence electrons. The van der Waals surface area contributed by atoms with Gasteiger partial charge in [-0.2, -0.15) is 0 Å². The second-order valence-electron chi connectivity index (χ2n) is 5.04. The van der Waals surface area contributed by atoms with Gasteiger partial charge in [-0.1, -0.05) is 13.0 Å². The minimum atomic E-state index is 0.370. The summed E-state index contributed by atoms with van der Waals surface area (Å²) in [6.45, 7) is 2.62. The normalized spacial score (nSPS) is 26.9. The lowest BCUT2D eigenvalue weighted by atomic mass is 9.86. The highest BCUT2D eigenvalue weighted by Crippen LogP contribution is 2.28. The predicted octanol–water partition coefficient (Wildman–Crippen LogP) is 3.34. The van der Waals surface area contributed by atoms with Gasteiger partial charge in [0.1, 0.15) is 0 Å². The van der Waals surface area contributed by atoms with Crippen molar-refractivity contribution in [2.75, 3.05) is 6.61 Å². The Balaban J connectivity index is 1.84. The number of aliphatic hydroxyl groups is 1. The number of hydrogen-bond acceptors (Lipinski definition) is 3. The Morgan fingerprint density at radius 2 is 2.18 bits per heavy atom. The zero-order chi connectivity index (χ0) is 12.1. The van der Waals surface area contributed by atoms with E-state index in [2.05, 4.69) is 29.8 Å². The summed E-state index contributed by atoms with van der Waals surface area (Å²) < 4.78 is 0. The number of aliphatic hydroxyl groups excluding tert-OH is 1. The Labute approximate surface area is 108 Å². The number of hydrogen-bond donors (Lipinski definition) is 2. The molecule has 2 nitrogen and oxygen atoms in total. The van der Waals surface area contributed by atoms with Gasteiger partial charge in [0.2, 0.25) is 0 Å². The lowest BCUT2D eigenvalue weighted by molar-refractivity contribution is 0.171. The highest BCUT2D eigenvalue weighted by atomic mass is 32.1. The minimum Gasteiger partial charge on any atom is -0.396 e. The van der Waals surface area contributed by atoms with Crippen LogP contribution in [0.15, 0.2) is 17.5 Å². The van der Waals surface area contributed by atoms with Gasteiger partial charge in [0.05, 0.1) is 0 Å². The molecule has 1 heterocycles. The largest absolute Gasteiger partial charge is 0.396 e. The van der Waals surface area contributed by atoms with Crippen molar-refractivity contribution in [3.63, 3.8) is 0 Å². The SMILES string of the molecule is CCC(NC1CCC(CO)CC1)c1cccs1. The first-order valence-electron chi connectivity index (χ1n) is 6.73. The summed E-state index contributed by atoms with van der Waals surface area (Å²) in [5.74, 6) is 0.551. The Kier molecular flexibility index (Phi) is 5.01.